The predicted octanol–water partition coefficient (Wildman–Crippen LogP) is 19.3. The van der Waals surface area contributed by atoms with Gasteiger partial charge in [-0.3, -0.25) is 14.4 Å². The highest BCUT2D eigenvalue weighted by molar-refractivity contribution is 5.71. The normalized spacial score (nSPS) is 12.2. The van der Waals surface area contributed by atoms with Crippen LogP contribution in [0.2, 0.25) is 0 Å². The van der Waals surface area contributed by atoms with Gasteiger partial charge in [-0.2, -0.15) is 0 Å². The molecule has 6 heteroatoms. The SMILES string of the molecule is CC/C=C\C/C=C\CCCCCCCCCC(=O)OCC(COC(=O)CCCCCCCCC/C=C\CCCCCCCCCC)OC(=O)CCCCCCCCCCCCCCCCC. The molecule has 6 nitrogen and oxygen atoms in total. The lowest BCUT2D eigenvalue weighted by Crippen LogP contribution is -2.30. The van der Waals surface area contributed by atoms with Crippen LogP contribution < -0.4 is 0 Å². The van der Waals surface area contributed by atoms with Gasteiger partial charge in [-0.05, 0) is 70.6 Å². The topological polar surface area (TPSA) is 78.9 Å². The van der Waals surface area contributed by atoms with Gasteiger partial charge in [0.1, 0.15) is 13.2 Å². The molecule has 0 aliphatic carbocycles. The molecule has 0 aliphatic heterocycles. The first-order chi connectivity index (χ1) is 32.5. The van der Waals surface area contributed by atoms with Crippen molar-refractivity contribution in [3.8, 4) is 0 Å². The Kier molecular flexibility index (Phi) is 53.2. The number of esters is 3. The molecule has 0 N–H and O–H groups in total. The average Bonchev–Trinajstić information content (AvgIpc) is 3.31. The Balaban J connectivity index is 4.33. The summed E-state index contributed by atoms with van der Waals surface area (Å²) >= 11 is 0. The van der Waals surface area contributed by atoms with Crippen LogP contribution in [0, 0.1) is 0 Å². The number of unbranched alkanes of at least 4 members (excludes halogenated alkanes) is 36. The number of hydrogen-bond donors (Lipinski definition) is 0. The Morgan fingerprint density at radius 2 is 0.591 bits per heavy atom. The maximum absolute atomic E-state index is 12.8. The fourth-order valence-corrected chi connectivity index (χ4v) is 8.54. The van der Waals surface area contributed by atoms with Gasteiger partial charge in [0, 0.05) is 19.3 Å². The molecule has 0 aromatic carbocycles. The maximum atomic E-state index is 12.8. The Labute approximate surface area is 410 Å². The largest absolute Gasteiger partial charge is 0.462 e. The van der Waals surface area contributed by atoms with Crippen molar-refractivity contribution in [2.45, 2.75) is 316 Å². The number of rotatable bonds is 53. The van der Waals surface area contributed by atoms with E-state index in [9.17, 15) is 14.4 Å². The summed E-state index contributed by atoms with van der Waals surface area (Å²) in [7, 11) is 0. The fraction of sp³-hybridized carbons (Fsp3) is 0.850. The van der Waals surface area contributed by atoms with E-state index >= 15 is 0 Å². The van der Waals surface area contributed by atoms with Gasteiger partial charge in [0.2, 0.25) is 0 Å². The van der Waals surface area contributed by atoms with Crippen molar-refractivity contribution in [3.63, 3.8) is 0 Å². The molecule has 1 atom stereocenters. The van der Waals surface area contributed by atoms with Gasteiger partial charge in [-0.1, -0.05) is 256 Å². The highest BCUT2D eigenvalue weighted by Crippen LogP contribution is 2.16. The van der Waals surface area contributed by atoms with Crippen LogP contribution in [0.3, 0.4) is 0 Å². The molecular formula is C60H110O6. The first kappa shape index (κ1) is 63.6. The third-order valence-corrected chi connectivity index (χ3v) is 12.9. The molecule has 0 saturated heterocycles. The Morgan fingerprint density at radius 1 is 0.318 bits per heavy atom. The van der Waals surface area contributed by atoms with Gasteiger partial charge in [0.25, 0.3) is 0 Å². The van der Waals surface area contributed by atoms with Crippen LogP contribution in [0.4, 0.5) is 0 Å². The lowest BCUT2D eigenvalue weighted by molar-refractivity contribution is -0.167. The van der Waals surface area contributed by atoms with Crippen molar-refractivity contribution in [2.24, 2.45) is 0 Å². The quantitative estimate of drug-likeness (QED) is 0.0262. The van der Waals surface area contributed by atoms with Crippen molar-refractivity contribution >= 4 is 17.9 Å². The van der Waals surface area contributed by atoms with Gasteiger partial charge < -0.3 is 14.2 Å². The predicted molar refractivity (Wildman–Crippen MR) is 284 cm³/mol. The number of carbonyl (C=O) groups is 3. The zero-order chi connectivity index (χ0) is 47.9. The molecule has 0 spiro atoms. The summed E-state index contributed by atoms with van der Waals surface area (Å²) in [5.74, 6) is -0.868. The molecule has 0 aromatic rings. The van der Waals surface area contributed by atoms with E-state index in [0.717, 1.165) is 77.0 Å². The van der Waals surface area contributed by atoms with Gasteiger partial charge in [0.05, 0.1) is 0 Å². The zero-order valence-corrected chi connectivity index (χ0v) is 44.2. The van der Waals surface area contributed by atoms with E-state index in [4.69, 9.17) is 14.2 Å². The minimum atomic E-state index is -0.774. The van der Waals surface area contributed by atoms with Crippen LogP contribution in [0.15, 0.2) is 36.5 Å². The first-order valence-corrected chi connectivity index (χ1v) is 29.0. The summed E-state index contributed by atoms with van der Waals surface area (Å²) in [6.45, 7) is 6.57. The second-order valence-corrected chi connectivity index (χ2v) is 19.5. The molecule has 0 saturated carbocycles. The third kappa shape index (κ3) is 52.6. The average molecular weight is 928 g/mol. The molecule has 0 bridgehead atoms. The summed E-state index contributed by atoms with van der Waals surface area (Å²) in [5.41, 5.74) is 0. The van der Waals surface area contributed by atoms with Crippen LogP contribution in [0.5, 0.6) is 0 Å². The number of hydrogen-bond acceptors (Lipinski definition) is 6. The molecule has 0 radical (unpaired) electrons. The Morgan fingerprint density at radius 3 is 0.924 bits per heavy atom. The van der Waals surface area contributed by atoms with Crippen LogP contribution in [0.25, 0.3) is 0 Å². The van der Waals surface area contributed by atoms with Crippen LogP contribution in [-0.4, -0.2) is 37.2 Å². The molecule has 386 valence electrons. The molecular weight excluding hydrogens is 817 g/mol. The Hall–Kier alpha value is -2.37. The van der Waals surface area contributed by atoms with E-state index in [1.54, 1.807) is 0 Å². The minimum absolute atomic E-state index is 0.0734. The van der Waals surface area contributed by atoms with Crippen LogP contribution in [0.1, 0.15) is 310 Å². The minimum Gasteiger partial charge on any atom is -0.462 e. The maximum Gasteiger partial charge on any atom is 0.306 e. The molecule has 0 aliphatic rings. The monoisotopic (exact) mass is 927 g/mol. The lowest BCUT2D eigenvalue weighted by Gasteiger charge is -2.18. The first-order valence-electron chi connectivity index (χ1n) is 29.0. The smallest absolute Gasteiger partial charge is 0.306 e. The van der Waals surface area contributed by atoms with E-state index in [0.29, 0.717) is 19.3 Å². The highest BCUT2D eigenvalue weighted by atomic mass is 16.6. The molecule has 66 heavy (non-hydrogen) atoms. The molecule has 0 heterocycles. The standard InChI is InChI=1S/C60H110O6/c1-4-7-10-13-16-19-22-25-28-29-30-31-33-35-38-41-44-47-50-53-59(62)65-56-57(55-64-58(61)52-49-46-43-40-37-34-27-24-21-18-15-12-9-6-3)66-60(63)54-51-48-45-42-39-36-32-26-23-20-17-14-11-8-5-2/h9,12,18,21,29-30,57H,4-8,10-11,13-17,19-20,22-28,31-56H2,1-3H3/b12-9-,21-18-,30-29-. The summed E-state index contributed by atoms with van der Waals surface area (Å²) in [6.07, 6.45) is 65.6. The molecule has 0 aromatic heterocycles. The van der Waals surface area contributed by atoms with Gasteiger partial charge in [-0.25, -0.2) is 0 Å². The summed E-state index contributed by atoms with van der Waals surface area (Å²) in [4.78, 5) is 38.1. The summed E-state index contributed by atoms with van der Waals surface area (Å²) in [6, 6.07) is 0. The summed E-state index contributed by atoms with van der Waals surface area (Å²) < 4.78 is 16.9. The van der Waals surface area contributed by atoms with Crippen molar-refractivity contribution < 1.29 is 28.6 Å². The fourth-order valence-electron chi connectivity index (χ4n) is 8.54. The summed E-state index contributed by atoms with van der Waals surface area (Å²) in [5, 5.41) is 0. The van der Waals surface area contributed by atoms with Crippen LogP contribution in [-0.2, 0) is 28.6 Å². The van der Waals surface area contributed by atoms with Crippen molar-refractivity contribution in [3.05, 3.63) is 36.5 Å². The van der Waals surface area contributed by atoms with Gasteiger partial charge >= 0.3 is 17.9 Å². The highest BCUT2D eigenvalue weighted by Gasteiger charge is 2.19. The van der Waals surface area contributed by atoms with E-state index in [-0.39, 0.29) is 31.1 Å². The molecule has 0 fully saturated rings. The van der Waals surface area contributed by atoms with Crippen molar-refractivity contribution in [2.75, 3.05) is 13.2 Å². The second-order valence-electron chi connectivity index (χ2n) is 19.5. The second kappa shape index (κ2) is 55.2. The lowest BCUT2D eigenvalue weighted by atomic mass is 10.0. The zero-order valence-electron chi connectivity index (χ0n) is 44.2. The van der Waals surface area contributed by atoms with E-state index in [1.165, 1.54) is 193 Å². The van der Waals surface area contributed by atoms with E-state index in [2.05, 4.69) is 57.2 Å². The molecule has 0 amide bonds. The van der Waals surface area contributed by atoms with E-state index in [1.807, 2.05) is 0 Å². The van der Waals surface area contributed by atoms with Gasteiger partial charge in [0.15, 0.2) is 6.10 Å². The van der Waals surface area contributed by atoms with Crippen molar-refractivity contribution in [1.82, 2.24) is 0 Å². The van der Waals surface area contributed by atoms with Gasteiger partial charge in [-0.15, -0.1) is 0 Å². The number of carbonyl (C=O) groups excluding carboxylic acids is 3. The number of ether oxygens (including phenoxy) is 3. The third-order valence-electron chi connectivity index (χ3n) is 12.9. The number of allylic oxidation sites excluding steroid dienone is 6. The molecule has 0 rings (SSSR count). The van der Waals surface area contributed by atoms with E-state index < -0.39 is 6.10 Å². The van der Waals surface area contributed by atoms with Crippen LogP contribution >= 0.6 is 0 Å². The Bertz CT molecular complexity index is 1110. The molecule has 1 unspecified atom stereocenters. The van der Waals surface area contributed by atoms with Crippen molar-refractivity contribution in [1.29, 1.82) is 0 Å².